The van der Waals surface area contributed by atoms with Gasteiger partial charge in [-0.15, -0.1) is 11.3 Å². The fraction of sp³-hybridized carbons (Fsp3) is 0.346. The van der Waals surface area contributed by atoms with Crippen LogP contribution >= 0.6 is 34.9 Å². The summed E-state index contributed by atoms with van der Waals surface area (Å²) in [7, 11) is 3.70. The number of nitrogens with zero attached hydrogens (tertiary/aromatic N) is 4. The number of methoxy groups -OCH3 is 1. The van der Waals surface area contributed by atoms with Crippen LogP contribution in [0.15, 0.2) is 56.2 Å². The quantitative estimate of drug-likeness (QED) is 0.348. The van der Waals surface area contributed by atoms with Crippen LogP contribution in [0.4, 0.5) is 11.4 Å². The van der Waals surface area contributed by atoms with Gasteiger partial charge in [0, 0.05) is 24.1 Å². The van der Waals surface area contributed by atoms with Crippen molar-refractivity contribution in [3.05, 3.63) is 51.3 Å². The maximum atomic E-state index is 13.9. The van der Waals surface area contributed by atoms with Crippen LogP contribution in [0.2, 0.25) is 0 Å². The zero-order valence-electron chi connectivity index (χ0n) is 19.9. The van der Waals surface area contributed by atoms with Crippen LogP contribution < -0.4 is 9.64 Å². The largest absolute Gasteiger partial charge is 0.497 e. The second-order valence-electron chi connectivity index (χ2n) is 8.98. The van der Waals surface area contributed by atoms with Crippen LogP contribution in [0.1, 0.15) is 37.1 Å². The molecular formula is C26H26N4O2S3. The van der Waals surface area contributed by atoms with Gasteiger partial charge >= 0.3 is 0 Å². The van der Waals surface area contributed by atoms with Crippen LogP contribution in [0, 0.1) is 6.92 Å². The first kappa shape index (κ1) is 22.9. The third kappa shape index (κ3) is 4.13. The van der Waals surface area contributed by atoms with E-state index >= 15 is 0 Å². The molecule has 6 nitrogen and oxygen atoms in total. The first-order valence-corrected chi connectivity index (χ1v) is 14.3. The number of thiazole rings is 1. The molecule has 0 radical (unpaired) electrons. The minimum absolute atomic E-state index is 0.0698. The molecule has 1 saturated carbocycles. The van der Waals surface area contributed by atoms with E-state index < -0.39 is 0 Å². The van der Waals surface area contributed by atoms with Crippen molar-refractivity contribution in [3.63, 3.8) is 0 Å². The molecule has 3 aliphatic rings. The van der Waals surface area contributed by atoms with Gasteiger partial charge in [0.05, 0.1) is 38.7 Å². The lowest BCUT2D eigenvalue weighted by atomic mass is 9.94. The molecule has 35 heavy (non-hydrogen) atoms. The second kappa shape index (κ2) is 9.19. The standard InChI is InChI=1S/C26H26N4O2S3/c1-15-27-19-13-16(9-11-21(19)33-15)28-26-30(17-7-5-4-6-8-17)24(31)23(35-26)25-29(2)20-14-18(32-3)10-12-22(20)34-25/h9-14,17H,4-8H2,1-3H3. The Hall–Kier alpha value is -2.49. The molecule has 2 aromatic carbocycles. The summed E-state index contributed by atoms with van der Waals surface area (Å²) in [6, 6.07) is 12.4. The number of hydrogen-bond donors (Lipinski definition) is 0. The van der Waals surface area contributed by atoms with E-state index in [-0.39, 0.29) is 11.9 Å². The molecule has 0 unspecified atom stereocenters. The number of carbonyl (C=O) groups excluding carboxylic acids is 1. The average Bonchev–Trinajstić information content (AvgIpc) is 3.51. The van der Waals surface area contributed by atoms with Crippen LogP contribution in [0.25, 0.3) is 10.2 Å². The van der Waals surface area contributed by atoms with Gasteiger partial charge in [0.15, 0.2) is 5.17 Å². The molecule has 1 aliphatic carbocycles. The summed E-state index contributed by atoms with van der Waals surface area (Å²) in [5.74, 6) is 0.881. The first-order chi connectivity index (χ1) is 17.0. The number of amides is 1. The smallest absolute Gasteiger partial charge is 0.269 e. The van der Waals surface area contributed by atoms with Crippen LogP contribution in [0.5, 0.6) is 5.75 Å². The minimum atomic E-state index is 0.0698. The maximum absolute atomic E-state index is 13.9. The SMILES string of the molecule is COc1ccc2c(c1)N(C)C(=C1SC(=Nc3ccc4sc(C)nc4c3)N(C3CCCCC3)C1=O)S2. The lowest BCUT2D eigenvalue weighted by molar-refractivity contribution is -0.124. The van der Waals surface area contributed by atoms with Gasteiger partial charge in [-0.05, 0) is 61.9 Å². The van der Waals surface area contributed by atoms with Crippen molar-refractivity contribution in [1.82, 2.24) is 9.88 Å². The molecule has 1 amide bonds. The number of hydrogen-bond acceptors (Lipinski definition) is 8. The van der Waals surface area contributed by atoms with E-state index in [0.29, 0.717) is 0 Å². The molecular weight excluding hydrogens is 497 g/mol. The highest BCUT2D eigenvalue weighted by atomic mass is 32.2. The van der Waals surface area contributed by atoms with Gasteiger partial charge in [-0.3, -0.25) is 9.69 Å². The Bertz CT molecular complexity index is 1390. The van der Waals surface area contributed by atoms with E-state index in [1.165, 1.54) is 18.2 Å². The summed E-state index contributed by atoms with van der Waals surface area (Å²) in [5.41, 5.74) is 2.86. The molecule has 0 spiro atoms. The number of ether oxygens (including phenoxy) is 1. The number of carbonyl (C=O) groups is 1. The predicted molar refractivity (Wildman–Crippen MR) is 147 cm³/mol. The van der Waals surface area contributed by atoms with Gasteiger partial charge in [-0.25, -0.2) is 9.98 Å². The Morgan fingerprint density at radius 3 is 2.71 bits per heavy atom. The van der Waals surface area contributed by atoms with Crippen molar-refractivity contribution in [2.45, 2.75) is 50.0 Å². The number of fused-ring (bicyclic) bond motifs is 2. The number of rotatable bonds is 3. The number of aliphatic imine (C=N–C) groups is 1. The van der Waals surface area contributed by atoms with Gasteiger partial charge in [-0.1, -0.05) is 31.0 Å². The molecule has 2 fully saturated rings. The molecule has 1 aromatic heterocycles. The molecule has 3 aromatic rings. The number of amidine groups is 1. The Kier molecular flexibility index (Phi) is 6.02. The lowest BCUT2D eigenvalue weighted by Gasteiger charge is -2.30. The highest BCUT2D eigenvalue weighted by molar-refractivity contribution is 8.19. The van der Waals surface area contributed by atoms with E-state index in [2.05, 4.69) is 22.0 Å². The second-order valence-corrected chi connectivity index (χ2v) is 12.2. The van der Waals surface area contributed by atoms with Gasteiger partial charge < -0.3 is 9.64 Å². The van der Waals surface area contributed by atoms with Crippen molar-refractivity contribution in [2.24, 2.45) is 4.99 Å². The zero-order chi connectivity index (χ0) is 24.1. The van der Waals surface area contributed by atoms with E-state index in [4.69, 9.17) is 9.73 Å². The molecule has 3 heterocycles. The van der Waals surface area contributed by atoms with E-state index in [1.807, 2.05) is 43.1 Å². The minimum Gasteiger partial charge on any atom is -0.497 e. The van der Waals surface area contributed by atoms with E-state index in [0.717, 1.165) is 78.0 Å². The summed E-state index contributed by atoms with van der Waals surface area (Å²) >= 11 is 4.83. The molecule has 0 atom stereocenters. The van der Waals surface area contributed by atoms with Gasteiger partial charge in [-0.2, -0.15) is 0 Å². The highest BCUT2D eigenvalue weighted by Crippen LogP contribution is 2.51. The summed E-state index contributed by atoms with van der Waals surface area (Å²) in [6.45, 7) is 2.02. The van der Waals surface area contributed by atoms with Gasteiger partial charge in [0.1, 0.15) is 10.7 Å². The number of anilines is 1. The Labute approximate surface area is 217 Å². The fourth-order valence-corrected chi connectivity index (χ4v) is 8.11. The highest BCUT2D eigenvalue weighted by Gasteiger charge is 2.42. The van der Waals surface area contributed by atoms with Crippen molar-refractivity contribution in [1.29, 1.82) is 0 Å². The molecule has 9 heteroatoms. The summed E-state index contributed by atoms with van der Waals surface area (Å²) in [6.07, 6.45) is 5.60. The summed E-state index contributed by atoms with van der Waals surface area (Å²) < 4.78 is 6.58. The molecule has 0 bridgehead atoms. The van der Waals surface area contributed by atoms with E-state index in [9.17, 15) is 4.79 Å². The monoisotopic (exact) mass is 522 g/mol. The van der Waals surface area contributed by atoms with E-state index in [1.54, 1.807) is 30.2 Å². The topological polar surface area (TPSA) is 58.0 Å². The fourth-order valence-electron chi connectivity index (χ4n) is 4.92. The van der Waals surface area contributed by atoms with Gasteiger partial charge in [0.25, 0.3) is 5.91 Å². The Morgan fingerprint density at radius 2 is 1.91 bits per heavy atom. The Balaban J connectivity index is 1.41. The summed E-state index contributed by atoms with van der Waals surface area (Å²) in [4.78, 5) is 29.5. The Morgan fingerprint density at radius 1 is 1.09 bits per heavy atom. The van der Waals surface area contributed by atoms with Gasteiger partial charge in [0.2, 0.25) is 0 Å². The maximum Gasteiger partial charge on any atom is 0.269 e. The summed E-state index contributed by atoms with van der Waals surface area (Å²) in [5, 5.41) is 2.78. The first-order valence-electron chi connectivity index (χ1n) is 11.8. The number of aromatic nitrogens is 1. The number of thioether (sulfide) groups is 2. The third-order valence-electron chi connectivity index (χ3n) is 6.69. The molecule has 2 aliphatic heterocycles. The number of aryl methyl sites for hydroxylation is 1. The van der Waals surface area contributed by atoms with Crippen LogP contribution in [-0.2, 0) is 4.79 Å². The van der Waals surface area contributed by atoms with Crippen molar-refractivity contribution < 1.29 is 9.53 Å². The van der Waals surface area contributed by atoms with Crippen molar-refractivity contribution in [3.8, 4) is 5.75 Å². The van der Waals surface area contributed by atoms with Crippen LogP contribution in [0.3, 0.4) is 0 Å². The van der Waals surface area contributed by atoms with Crippen molar-refractivity contribution in [2.75, 3.05) is 19.1 Å². The molecule has 1 saturated heterocycles. The molecule has 6 rings (SSSR count). The number of benzene rings is 2. The normalized spacial score (nSPS) is 22.0. The molecule has 180 valence electrons. The zero-order valence-corrected chi connectivity index (χ0v) is 22.4. The van der Waals surface area contributed by atoms with Crippen LogP contribution in [-0.4, -0.2) is 41.2 Å². The average molecular weight is 523 g/mol. The third-order valence-corrected chi connectivity index (χ3v) is 10.0. The molecule has 0 N–H and O–H groups in total. The van der Waals surface area contributed by atoms with Crippen molar-refractivity contribution >= 4 is 67.5 Å². The lowest BCUT2D eigenvalue weighted by Crippen LogP contribution is -2.40. The predicted octanol–water partition coefficient (Wildman–Crippen LogP) is 6.92.